The van der Waals surface area contributed by atoms with Crippen LogP contribution >= 0.6 is 0 Å². The molecule has 0 aliphatic carbocycles. The molecular weight excluding hydrogens is 272 g/mol. The molecule has 110 valence electrons. The van der Waals surface area contributed by atoms with Gasteiger partial charge >= 0.3 is 0 Å². The summed E-state index contributed by atoms with van der Waals surface area (Å²) in [6.07, 6.45) is 1.94. The van der Waals surface area contributed by atoms with E-state index in [1.165, 1.54) is 0 Å². The molecular formula is C15H22N2O2S. The summed E-state index contributed by atoms with van der Waals surface area (Å²) < 4.78 is 26.4. The summed E-state index contributed by atoms with van der Waals surface area (Å²) >= 11 is 0. The van der Waals surface area contributed by atoms with E-state index < -0.39 is 9.84 Å². The third-order valence-corrected chi connectivity index (χ3v) is 5.72. The number of hydrogen-bond donors (Lipinski definition) is 1. The number of sulfone groups is 1. The van der Waals surface area contributed by atoms with Crippen molar-refractivity contribution in [1.29, 1.82) is 0 Å². The first-order valence-corrected chi connectivity index (χ1v) is 8.54. The monoisotopic (exact) mass is 294 g/mol. The summed E-state index contributed by atoms with van der Waals surface area (Å²) in [4.78, 5) is 0. The lowest BCUT2D eigenvalue weighted by Crippen LogP contribution is -2.15. The Morgan fingerprint density at radius 3 is 2.40 bits per heavy atom. The van der Waals surface area contributed by atoms with Crippen LogP contribution in [0.3, 0.4) is 0 Å². The van der Waals surface area contributed by atoms with Crippen molar-refractivity contribution >= 4 is 26.4 Å². The van der Waals surface area contributed by atoms with Crippen LogP contribution < -0.4 is 5.73 Å². The van der Waals surface area contributed by atoms with E-state index in [0.29, 0.717) is 5.69 Å². The fourth-order valence-electron chi connectivity index (χ4n) is 2.27. The van der Waals surface area contributed by atoms with Crippen LogP contribution in [0.15, 0.2) is 24.4 Å². The highest BCUT2D eigenvalue weighted by atomic mass is 32.2. The molecule has 1 aromatic carbocycles. The molecule has 2 aromatic rings. The molecule has 0 amide bonds. The normalized spacial score (nSPS) is 12.7. The third kappa shape index (κ3) is 2.68. The Labute approximate surface area is 120 Å². The lowest BCUT2D eigenvalue weighted by Gasteiger charge is -2.09. The van der Waals surface area contributed by atoms with E-state index in [0.717, 1.165) is 16.5 Å². The Morgan fingerprint density at radius 1 is 1.20 bits per heavy atom. The van der Waals surface area contributed by atoms with Gasteiger partial charge < -0.3 is 10.3 Å². The second kappa shape index (κ2) is 5.13. The topological polar surface area (TPSA) is 65.1 Å². The first kappa shape index (κ1) is 14.9. The second-order valence-corrected chi connectivity index (χ2v) is 8.35. The Bertz CT molecular complexity index is 728. The standard InChI is InChI=1S/C15H22N2O2S/c1-10(2)17-8-12(9-20(18,19)11(3)4)14-6-5-13(16)7-15(14)17/h5-8,10-11H,9,16H2,1-4H3. The van der Waals surface area contributed by atoms with Gasteiger partial charge in [0.2, 0.25) is 0 Å². The van der Waals surface area contributed by atoms with Crippen LogP contribution in [0, 0.1) is 0 Å². The van der Waals surface area contributed by atoms with Crippen molar-refractivity contribution in [3.8, 4) is 0 Å². The number of anilines is 1. The molecule has 0 unspecified atom stereocenters. The van der Waals surface area contributed by atoms with E-state index in [-0.39, 0.29) is 17.0 Å². The van der Waals surface area contributed by atoms with E-state index in [1.807, 2.05) is 24.4 Å². The quantitative estimate of drug-likeness (QED) is 0.881. The number of rotatable bonds is 4. The number of nitrogens with zero attached hydrogens (tertiary/aromatic N) is 1. The average Bonchev–Trinajstić information content (AvgIpc) is 2.66. The molecule has 0 bridgehead atoms. The van der Waals surface area contributed by atoms with Crippen molar-refractivity contribution in [2.24, 2.45) is 0 Å². The summed E-state index contributed by atoms with van der Waals surface area (Å²) in [6, 6.07) is 5.89. The van der Waals surface area contributed by atoms with Gasteiger partial charge in [-0.25, -0.2) is 8.42 Å². The van der Waals surface area contributed by atoms with Gasteiger partial charge in [0.05, 0.1) is 16.5 Å². The largest absolute Gasteiger partial charge is 0.399 e. The molecule has 20 heavy (non-hydrogen) atoms. The maximum atomic E-state index is 12.2. The zero-order valence-corrected chi connectivity index (χ0v) is 13.2. The third-order valence-electron chi connectivity index (χ3n) is 3.57. The summed E-state index contributed by atoms with van der Waals surface area (Å²) in [6.45, 7) is 7.58. The number of nitrogens with two attached hydrogens (primary N) is 1. The van der Waals surface area contributed by atoms with Crippen molar-refractivity contribution < 1.29 is 8.42 Å². The minimum atomic E-state index is -3.11. The van der Waals surface area contributed by atoms with Gasteiger partial charge in [0.15, 0.2) is 9.84 Å². The van der Waals surface area contributed by atoms with E-state index in [9.17, 15) is 8.42 Å². The molecule has 0 atom stereocenters. The first-order chi connectivity index (χ1) is 9.22. The first-order valence-electron chi connectivity index (χ1n) is 6.83. The highest BCUT2D eigenvalue weighted by molar-refractivity contribution is 7.91. The molecule has 1 aromatic heterocycles. The molecule has 0 radical (unpaired) electrons. The summed E-state index contributed by atoms with van der Waals surface area (Å²) in [5, 5.41) is 0.603. The molecule has 0 aliphatic heterocycles. The molecule has 0 aliphatic rings. The van der Waals surface area contributed by atoms with Crippen LogP contribution in [-0.2, 0) is 15.6 Å². The Kier molecular flexibility index (Phi) is 3.82. The van der Waals surface area contributed by atoms with Gasteiger partial charge in [-0.2, -0.15) is 0 Å². The summed E-state index contributed by atoms with van der Waals surface area (Å²) in [7, 11) is -3.11. The van der Waals surface area contributed by atoms with Crippen LogP contribution in [-0.4, -0.2) is 18.2 Å². The van der Waals surface area contributed by atoms with Gasteiger partial charge in [-0.1, -0.05) is 6.07 Å². The predicted octanol–water partition coefficient (Wildman–Crippen LogP) is 3.13. The average molecular weight is 294 g/mol. The fourth-order valence-corrected chi connectivity index (χ4v) is 3.26. The van der Waals surface area contributed by atoms with Gasteiger partial charge in [0.1, 0.15) is 0 Å². The number of fused-ring (bicyclic) bond motifs is 1. The van der Waals surface area contributed by atoms with E-state index in [2.05, 4.69) is 18.4 Å². The van der Waals surface area contributed by atoms with E-state index >= 15 is 0 Å². The van der Waals surface area contributed by atoms with Crippen molar-refractivity contribution in [3.05, 3.63) is 30.0 Å². The molecule has 4 nitrogen and oxygen atoms in total. The van der Waals surface area contributed by atoms with E-state index in [4.69, 9.17) is 5.73 Å². The highest BCUT2D eigenvalue weighted by Gasteiger charge is 2.20. The van der Waals surface area contributed by atoms with Crippen LogP contribution in [0.2, 0.25) is 0 Å². The minimum absolute atomic E-state index is 0.0742. The summed E-state index contributed by atoms with van der Waals surface area (Å²) in [5.41, 5.74) is 8.38. The van der Waals surface area contributed by atoms with Crippen molar-refractivity contribution in [3.63, 3.8) is 0 Å². The number of nitrogen functional groups attached to an aromatic ring is 1. The smallest absolute Gasteiger partial charge is 0.156 e. The molecule has 0 saturated heterocycles. The van der Waals surface area contributed by atoms with Crippen LogP contribution in [0.1, 0.15) is 39.3 Å². The molecule has 2 N–H and O–H groups in total. The molecule has 5 heteroatoms. The lowest BCUT2D eigenvalue weighted by atomic mass is 10.2. The highest BCUT2D eigenvalue weighted by Crippen LogP contribution is 2.28. The minimum Gasteiger partial charge on any atom is -0.399 e. The molecule has 0 fully saturated rings. The van der Waals surface area contributed by atoms with Crippen molar-refractivity contribution in [2.75, 3.05) is 5.73 Å². The fraction of sp³-hybridized carbons (Fsp3) is 0.467. The van der Waals surface area contributed by atoms with E-state index in [1.54, 1.807) is 13.8 Å². The zero-order chi connectivity index (χ0) is 15.1. The SMILES string of the molecule is CC(C)n1cc(CS(=O)(=O)C(C)C)c2ccc(N)cc21. The maximum absolute atomic E-state index is 12.2. The van der Waals surface area contributed by atoms with Crippen LogP contribution in [0.5, 0.6) is 0 Å². The maximum Gasteiger partial charge on any atom is 0.156 e. The van der Waals surface area contributed by atoms with Crippen molar-refractivity contribution in [1.82, 2.24) is 4.57 Å². The van der Waals surface area contributed by atoms with Crippen LogP contribution in [0.25, 0.3) is 10.9 Å². The summed E-state index contributed by atoms with van der Waals surface area (Å²) in [5.74, 6) is 0.0742. The zero-order valence-electron chi connectivity index (χ0n) is 12.4. The number of hydrogen-bond acceptors (Lipinski definition) is 3. The Hall–Kier alpha value is -1.49. The Morgan fingerprint density at radius 2 is 1.85 bits per heavy atom. The van der Waals surface area contributed by atoms with Gasteiger partial charge in [-0.05, 0) is 45.4 Å². The van der Waals surface area contributed by atoms with Gasteiger partial charge in [-0.3, -0.25) is 0 Å². The molecule has 2 rings (SSSR count). The van der Waals surface area contributed by atoms with Crippen molar-refractivity contribution in [2.45, 2.75) is 44.7 Å². The van der Waals surface area contributed by atoms with Crippen LogP contribution in [0.4, 0.5) is 5.69 Å². The predicted molar refractivity (Wildman–Crippen MR) is 84.5 cm³/mol. The van der Waals surface area contributed by atoms with Gasteiger partial charge in [0, 0.05) is 23.3 Å². The van der Waals surface area contributed by atoms with Gasteiger partial charge in [0.25, 0.3) is 0 Å². The second-order valence-electron chi connectivity index (χ2n) is 5.79. The number of benzene rings is 1. The Balaban J connectivity index is 2.61. The lowest BCUT2D eigenvalue weighted by molar-refractivity contribution is 0.586. The molecule has 0 saturated carbocycles. The molecule has 1 heterocycles. The molecule has 0 spiro atoms. The van der Waals surface area contributed by atoms with Gasteiger partial charge in [-0.15, -0.1) is 0 Å². The number of aromatic nitrogens is 1.